The Hall–Kier alpha value is -1.65. The molecule has 0 aromatic rings. The summed E-state index contributed by atoms with van der Waals surface area (Å²) in [6.45, 7) is 10.0. The molecular formula is C26H37NO4. The van der Waals surface area contributed by atoms with Gasteiger partial charge in [-0.2, -0.15) is 0 Å². The van der Waals surface area contributed by atoms with Crippen LogP contribution in [0, 0.1) is 39.9 Å². The van der Waals surface area contributed by atoms with Gasteiger partial charge in [0, 0.05) is 25.7 Å². The molecule has 0 aromatic heterocycles. The number of carbonyl (C=O) groups excluding carboxylic acids is 2. The zero-order valence-electron chi connectivity index (χ0n) is 19.7. The molecule has 0 saturated heterocycles. The van der Waals surface area contributed by atoms with Gasteiger partial charge in [0.05, 0.1) is 5.71 Å². The normalized spacial score (nSPS) is 47.8. The highest BCUT2D eigenvalue weighted by atomic mass is 16.7. The Morgan fingerprint density at radius 3 is 2.55 bits per heavy atom. The smallest absolute Gasteiger partial charge is 0.331 e. The summed E-state index contributed by atoms with van der Waals surface area (Å²) >= 11 is 0. The van der Waals surface area contributed by atoms with E-state index in [0.717, 1.165) is 43.2 Å². The molecule has 5 rings (SSSR count). The maximum Gasteiger partial charge on any atom is 0.331 e. The first kappa shape index (κ1) is 21.2. The quantitative estimate of drug-likeness (QED) is 0.198. The first-order valence-electron chi connectivity index (χ1n) is 12.2. The van der Waals surface area contributed by atoms with Crippen molar-refractivity contribution < 1.29 is 19.2 Å². The van der Waals surface area contributed by atoms with Crippen molar-refractivity contribution in [2.24, 2.45) is 45.1 Å². The van der Waals surface area contributed by atoms with E-state index < -0.39 is 0 Å². The van der Waals surface area contributed by atoms with Gasteiger partial charge in [0.2, 0.25) is 0 Å². The number of fused-ring (bicyclic) bond motifs is 7. The molecule has 0 aliphatic heterocycles. The number of nitrogens with zero attached hydrogens (tertiary/aromatic N) is 1. The predicted molar refractivity (Wildman–Crippen MR) is 118 cm³/mol. The van der Waals surface area contributed by atoms with Crippen LogP contribution in [0.15, 0.2) is 16.8 Å². The standard InChI is InChI=1S/C26H37NO4/c1-15(27-31-17(3)29)26-14-19(26)13-23-21-7-6-18-12-20(30-16(2)28)8-10-24(18,4)22(21)9-11-25(23,26)5/h6,19-23H,7-14H2,1-5H3/t19-,20-,21-,22+,23+,24-,25+,26+/m0/s1. The summed E-state index contributed by atoms with van der Waals surface area (Å²) < 4.78 is 5.58. The minimum absolute atomic E-state index is 0.0600. The SMILES string of the molecule is CC(=O)ON=C(C)[C@]12C[C@@H]1C[C@@H]1[C@H]3CC=C4C[C@@H](OC(C)=O)CC[C@]4(C)[C@@H]3CC[C@]12C. The zero-order chi connectivity index (χ0) is 22.2. The van der Waals surface area contributed by atoms with Crippen LogP contribution >= 0.6 is 0 Å². The fourth-order valence-corrected chi connectivity index (χ4v) is 8.96. The predicted octanol–water partition coefficient (Wildman–Crippen LogP) is 5.44. The highest BCUT2D eigenvalue weighted by molar-refractivity contribution is 5.92. The molecular weight excluding hydrogens is 390 g/mol. The third-order valence-electron chi connectivity index (χ3n) is 10.4. The van der Waals surface area contributed by atoms with Gasteiger partial charge in [-0.1, -0.05) is 30.7 Å². The number of esters is 1. The molecule has 0 radical (unpaired) electrons. The van der Waals surface area contributed by atoms with Crippen LogP contribution in [0.5, 0.6) is 0 Å². The molecule has 0 unspecified atom stereocenters. The van der Waals surface area contributed by atoms with E-state index in [0.29, 0.717) is 11.8 Å². The monoisotopic (exact) mass is 427 g/mol. The fourth-order valence-electron chi connectivity index (χ4n) is 8.96. The first-order chi connectivity index (χ1) is 14.6. The van der Waals surface area contributed by atoms with E-state index in [1.54, 1.807) is 5.57 Å². The number of allylic oxidation sites excluding steroid dienone is 1. The van der Waals surface area contributed by atoms with Crippen LogP contribution in [0.25, 0.3) is 0 Å². The number of hydrogen-bond acceptors (Lipinski definition) is 5. The number of rotatable bonds is 3. The zero-order valence-corrected chi connectivity index (χ0v) is 19.7. The molecule has 5 aliphatic carbocycles. The maximum absolute atomic E-state index is 11.5. The van der Waals surface area contributed by atoms with Crippen molar-refractivity contribution >= 4 is 17.7 Å². The highest BCUT2D eigenvalue weighted by Crippen LogP contribution is 2.80. The Kier molecular flexibility index (Phi) is 4.74. The van der Waals surface area contributed by atoms with Crippen LogP contribution in [0.4, 0.5) is 0 Å². The molecule has 0 heterocycles. The average Bonchev–Trinajstić information content (AvgIpc) is 3.38. The Bertz CT molecular complexity index is 877. The second kappa shape index (κ2) is 6.92. The van der Waals surface area contributed by atoms with E-state index in [9.17, 15) is 9.59 Å². The molecule has 5 nitrogen and oxygen atoms in total. The summed E-state index contributed by atoms with van der Waals surface area (Å²) in [5.74, 6) is 2.37. The largest absolute Gasteiger partial charge is 0.462 e. The lowest BCUT2D eigenvalue weighted by Crippen LogP contribution is -2.52. The summed E-state index contributed by atoms with van der Waals surface area (Å²) in [4.78, 5) is 27.9. The van der Waals surface area contributed by atoms with Crippen molar-refractivity contribution in [1.82, 2.24) is 0 Å². The number of hydrogen-bond donors (Lipinski definition) is 0. The van der Waals surface area contributed by atoms with Gasteiger partial charge in [-0.05, 0) is 86.4 Å². The molecule has 0 amide bonds. The minimum atomic E-state index is -0.335. The van der Waals surface area contributed by atoms with Crippen molar-refractivity contribution in [3.8, 4) is 0 Å². The maximum atomic E-state index is 11.5. The fraction of sp³-hybridized carbons (Fsp3) is 0.808. The Balaban J connectivity index is 1.40. The summed E-state index contributed by atoms with van der Waals surface area (Å²) in [5.41, 5.74) is 3.22. The van der Waals surface area contributed by atoms with E-state index in [1.807, 2.05) is 0 Å². The molecule has 4 saturated carbocycles. The topological polar surface area (TPSA) is 65.0 Å². The van der Waals surface area contributed by atoms with E-state index in [-0.39, 0.29) is 34.3 Å². The van der Waals surface area contributed by atoms with Crippen LogP contribution in [0.3, 0.4) is 0 Å². The van der Waals surface area contributed by atoms with Crippen LogP contribution in [0.2, 0.25) is 0 Å². The molecule has 5 aliphatic rings. The lowest BCUT2D eigenvalue weighted by Gasteiger charge is -2.59. The van der Waals surface area contributed by atoms with Gasteiger partial charge in [0.15, 0.2) is 0 Å². The van der Waals surface area contributed by atoms with Crippen LogP contribution in [0.1, 0.15) is 86.0 Å². The van der Waals surface area contributed by atoms with Crippen molar-refractivity contribution in [2.75, 3.05) is 0 Å². The Morgan fingerprint density at radius 2 is 1.84 bits per heavy atom. The summed E-state index contributed by atoms with van der Waals surface area (Å²) in [6, 6.07) is 0. The van der Waals surface area contributed by atoms with Crippen molar-refractivity contribution in [1.29, 1.82) is 0 Å². The molecule has 0 bridgehead atoms. The van der Waals surface area contributed by atoms with Crippen LogP contribution in [-0.4, -0.2) is 23.8 Å². The molecule has 4 fully saturated rings. The van der Waals surface area contributed by atoms with Crippen molar-refractivity contribution in [3.05, 3.63) is 11.6 Å². The van der Waals surface area contributed by atoms with Crippen molar-refractivity contribution in [2.45, 2.75) is 92.1 Å². The second-order valence-electron chi connectivity index (χ2n) is 11.6. The van der Waals surface area contributed by atoms with E-state index >= 15 is 0 Å². The minimum Gasteiger partial charge on any atom is -0.462 e. The number of oxime groups is 1. The number of ether oxygens (including phenoxy) is 1. The van der Waals surface area contributed by atoms with Crippen LogP contribution in [-0.2, 0) is 19.2 Å². The third-order valence-corrected chi connectivity index (χ3v) is 10.4. The summed E-state index contributed by atoms with van der Waals surface area (Å²) in [7, 11) is 0. The van der Waals surface area contributed by atoms with Gasteiger partial charge in [0.25, 0.3) is 0 Å². The molecule has 0 spiro atoms. The highest BCUT2D eigenvalue weighted by Gasteiger charge is 2.76. The van der Waals surface area contributed by atoms with E-state index in [2.05, 4.69) is 32.0 Å². The lowest BCUT2D eigenvalue weighted by atomic mass is 9.46. The van der Waals surface area contributed by atoms with E-state index in [1.165, 1.54) is 39.5 Å². The first-order valence-corrected chi connectivity index (χ1v) is 12.2. The molecule has 31 heavy (non-hydrogen) atoms. The Morgan fingerprint density at radius 1 is 1.06 bits per heavy atom. The molecule has 0 N–H and O–H groups in total. The lowest BCUT2D eigenvalue weighted by molar-refractivity contribution is -0.148. The Labute approximate surface area is 186 Å². The van der Waals surface area contributed by atoms with Gasteiger partial charge >= 0.3 is 11.9 Å². The number of carbonyl (C=O) groups is 2. The van der Waals surface area contributed by atoms with Gasteiger partial charge in [-0.3, -0.25) is 4.79 Å². The van der Waals surface area contributed by atoms with E-state index in [4.69, 9.17) is 9.57 Å². The van der Waals surface area contributed by atoms with Gasteiger partial charge < -0.3 is 9.57 Å². The average molecular weight is 428 g/mol. The molecule has 0 aromatic carbocycles. The second-order valence-corrected chi connectivity index (χ2v) is 11.6. The van der Waals surface area contributed by atoms with Gasteiger partial charge in [-0.15, -0.1) is 0 Å². The summed E-state index contributed by atoms with van der Waals surface area (Å²) in [5, 5.41) is 4.28. The third kappa shape index (κ3) is 2.90. The van der Waals surface area contributed by atoms with Gasteiger partial charge in [0.1, 0.15) is 6.10 Å². The van der Waals surface area contributed by atoms with Crippen molar-refractivity contribution in [3.63, 3.8) is 0 Å². The van der Waals surface area contributed by atoms with Crippen LogP contribution < -0.4 is 0 Å². The van der Waals surface area contributed by atoms with Gasteiger partial charge in [-0.25, -0.2) is 4.79 Å². The molecule has 8 atom stereocenters. The summed E-state index contributed by atoms with van der Waals surface area (Å²) in [6.07, 6.45) is 11.8. The molecule has 170 valence electrons. The molecule has 5 heteroatoms.